The molecule has 6 heteroatoms. The van der Waals surface area contributed by atoms with Crippen LogP contribution < -0.4 is 10.5 Å². The lowest BCUT2D eigenvalue weighted by Gasteiger charge is -2.35. The van der Waals surface area contributed by atoms with Crippen molar-refractivity contribution in [1.29, 1.82) is 0 Å². The molecule has 1 N–H and O–H groups in total. The number of H-pyrrole nitrogens is 1. The molecule has 0 saturated carbocycles. The molecule has 4 rings (SSSR count). The molecule has 2 atom stereocenters. The van der Waals surface area contributed by atoms with Crippen molar-refractivity contribution in [3.05, 3.63) is 21.6 Å². The van der Waals surface area contributed by atoms with Crippen LogP contribution in [0.25, 0.3) is 0 Å². The summed E-state index contributed by atoms with van der Waals surface area (Å²) in [4.78, 5) is 25.2. The maximum absolute atomic E-state index is 12.5. The largest absolute Gasteiger partial charge is 0.381 e. The Hall–Kier alpha value is -1.40. The molecule has 0 radical (unpaired) electrons. The molecule has 0 spiro atoms. The number of aromatic amines is 1. The Morgan fingerprint density at radius 2 is 2.21 bits per heavy atom. The first-order valence-electron chi connectivity index (χ1n) is 9.39. The van der Waals surface area contributed by atoms with E-state index >= 15 is 0 Å². The summed E-state index contributed by atoms with van der Waals surface area (Å²) in [5, 5.41) is 0. The average molecular weight is 332 g/mol. The standard InChI is InChI=1S/C18H28N4O2/c1-13-4-2-3-7-22(13)18-19-16-11-21(10-14-6-9-24-12-14)8-5-15(16)17(23)20-18/h13-14H,2-12H2,1H3,(H,19,20,23)/t13-,14-/m1/s1. The van der Waals surface area contributed by atoms with Crippen LogP contribution in [0, 0.1) is 5.92 Å². The number of hydrogen-bond acceptors (Lipinski definition) is 5. The summed E-state index contributed by atoms with van der Waals surface area (Å²) >= 11 is 0. The molecule has 1 aromatic heterocycles. The summed E-state index contributed by atoms with van der Waals surface area (Å²) in [5.41, 5.74) is 1.94. The van der Waals surface area contributed by atoms with Crippen LogP contribution in [-0.4, -0.2) is 53.8 Å². The number of rotatable bonds is 3. The van der Waals surface area contributed by atoms with Crippen molar-refractivity contribution in [2.45, 2.75) is 51.6 Å². The minimum atomic E-state index is 0.0663. The number of fused-ring (bicyclic) bond motifs is 1. The maximum Gasteiger partial charge on any atom is 0.255 e. The molecule has 2 fully saturated rings. The summed E-state index contributed by atoms with van der Waals surface area (Å²) in [6.45, 7) is 7.80. The zero-order valence-corrected chi connectivity index (χ0v) is 14.6. The quantitative estimate of drug-likeness (QED) is 0.910. The summed E-state index contributed by atoms with van der Waals surface area (Å²) < 4.78 is 5.49. The van der Waals surface area contributed by atoms with E-state index in [0.29, 0.717) is 12.0 Å². The molecule has 2 saturated heterocycles. The van der Waals surface area contributed by atoms with Gasteiger partial charge in [-0.15, -0.1) is 0 Å². The molecule has 0 amide bonds. The molecule has 0 unspecified atom stereocenters. The van der Waals surface area contributed by atoms with Crippen LogP contribution in [-0.2, 0) is 17.7 Å². The topological polar surface area (TPSA) is 61.5 Å². The predicted octanol–water partition coefficient (Wildman–Crippen LogP) is 1.54. The summed E-state index contributed by atoms with van der Waals surface area (Å²) in [5.74, 6) is 1.41. The van der Waals surface area contributed by atoms with Crippen molar-refractivity contribution >= 4 is 5.95 Å². The Kier molecular flexibility index (Phi) is 4.59. The molecular weight excluding hydrogens is 304 g/mol. The maximum atomic E-state index is 12.5. The van der Waals surface area contributed by atoms with Crippen molar-refractivity contribution in [1.82, 2.24) is 14.9 Å². The van der Waals surface area contributed by atoms with Crippen molar-refractivity contribution in [2.24, 2.45) is 5.92 Å². The number of piperidine rings is 1. The van der Waals surface area contributed by atoms with Gasteiger partial charge in [-0.25, -0.2) is 4.98 Å². The fourth-order valence-electron chi connectivity index (χ4n) is 4.28. The van der Waals surface area contributed by atoms with E-state index in [-0.39, 0.29) is 5.56 Å². The van der Waals surface area contributed by atoms with Gasteiger partial charge in [0.05, 0.1) is 12.3 Å². The van der Waals surface area contributed by atoms with Crippen LogP contribution in [0.3, 0.4) is 0 Å². The molecule has 4 heterocycles. The highest BCUT2D eigenvalue weighted by molar-refractivity contribution is 5.36. The number of nitrogens with zero attached hydrogens (tertiary/aromatic N) is 3. The van der Waals surface area contributed by atoms with E-state index in [1.807, 2.05) is 0 Å². The fraction of sp³-hybridized carbons (Fsp3) is 0.778. The molecule has 24 heavy (non-hydrogen) atoms. The van der Waals surface area contributed by atoms with E-state index in [1.165, 1.54) is 19.3 Å². The monoisotopic (exact) mass is 332 g/mol. The number of ether oxygens (including phenoxy) is 1. The van der Waals surface area contributed by atoms with Crippen LogP contribution in [0.2, 0.25) is 0 Å². The minimum absolute atomic E-state index is 0.0663. The third-order valence-electron chi connectivity index (χ3n) is 5.76. The summed E-state index contributed by atoms with van der Waals surface area (Å²) in [6, 6.07) is 0.454. The lowest BCUT2D eigenvalue weighted by atomic mass is 10.0. The normalized spacial score (nSPS) is 28.1. The minimum Gasteiger partial charge on any atom is -0.381 e. The van der Waals surface area contributed by atoms with E-state index in [4.69, 9.17) is 9.72 Å². The highest BCUT2D eigenvalue weighted by Crippen LogP contribution is 2.24. The van der Waals surface area contributed by atoms with Crippen LogP contribution >= 0.6 is 0 Å². The zero-order chi connectivity index (χ0) is 16.5. The second kappa shape index (κ2) is 6.84. The average Bonchev–Trinajstić information content (AvgIpc) is 3.08. The fourth-order valence-corrected chi connectivity index (χ4v) is 4.28. The van der Waals surface area contributed by atoms with Gasteiger partial charge in [-0.3, -0.25) is 14.7 Å². The lowest BCUT2D eigenvalue weighted by Crippen LogP contribution is -2.42. The number of anilines is 1. The summed E-state index contributed by atoms with van der Waals surface area (Å²) in [6.07, 6.45) is 5.58. The second-order valence-electron chi connectivity index (χ2n) is 7.57. The van der Waals surface area contributed by atoms with E-state index in [2.05, 4.69) is 21.7 Å². The first-order valence-corrected chi connectivity index (χ1v) is 9.39. The number of nitrogens with one attached hydrogen (secondary N) is 1. The van der Waals surface area contributed by atoms with Gasteiger partial charge in [-0.05, 0) is 44.9 Å². The SMILES string of the molecule is C[C@@H]1CCCCN1c1nc2c(c(=O)[nH]1)CCN(C[C@H]1CCOC1)C2. The van der Waals surface area contributed by atoms with Gasteiger partial charge < -0.3 is 9.64 Å². The molecule has 6 nitrogen and oxygen atoms in total. The van der Waals surface area contributed by atoms with Gasteiger partial charge in [0, 0.05) is 44.4 Å². The zero-order valence-electron chi connectivity index (χ0n) is 14.6. The van der Waals surface area contributed by atoms with Crippen molar-refractivity contribution < 1.29 is 4.74 Å². The number of aromatic nitrogens is 2. The first-order chi connectivity index (χ1) is 11.7. The van der Waals surface area contributed by atoms with Gasteiger partial charge in [-0.2, -0.15) is 0 Å². The molecule has 0 aliphatic carbocycles. The Morgan fingerprint density at radius 1 is 1.29 bits per heavy atom. The molecule has 0 aromatic carbocycles. The van der Waals surface area contributed by atoms with Crippen LogP contribution in [0.1, 0.15) is 43.9 Å². The Bertz CT molecular complexity index is 638. The van der Waals surface area contributed by atoms with E-state index in [0.717, 1.165) is 69.4 Å². The Labute approximate surface area is 143 Å². The van der Waals surface area contributed by atoms with Crippen LogP contribution in [0.4, 0.5) is 5.95 Å². The van der Waals surface area contributed by atoms with E-state index < -0.39 is 0 Å². The van der Waals surface area contributed by atoms with Gasteiger partial charge in [0.15, 0.2) is 0 Å². The summed E-state index contributed by atoms with van der Waals surface area (Å²) in [7, 11) is 0. The van der Waals surface area contributed by atoms with E-state index in [1.54, 1.807) is 0 Å². The molecule has 1 aromatic rings. The molecule has 3 aliphatic heterocycles. The van der Waals surface area contributed by atoms with Crippen molar-refractivity contribution in [3.8, 4) is 0 Å². The van der Waals surface area contributed by atoms with Gasteiger partial charge >= 0.3 is 0 Å². The molecule has 0 bridgehead atoms. The van der Waals surface area contributed by atoms with Gasteiger partial charge in [0.2, 0.25) is 5.95 Å². The molecule has 3 aliphatic rings. The third-order valence-corrected chi connectivity index (χ3v) is 5.76. The van der Waals surface area contributed by atoms with Gasteiger partial charge in [-0.1, -0.05) is 0 Å². The third kappa shape index (κ3) is 3.22. The highest BCUT2D eigenvalue weighted by atomic mass is 16.5. The van der Waals surface area contributed by atoms with Crippen molar-refractivity contribution in [3.63, 3.8) is 0 Å². The first kappa shape index (κ1) is 16.1. The van der Waals surface area contributed by atoms with Crippen LogP contribution in [0.15, 0.2) is 4.79 Å². The Morgan fingerprint density at radius 3 is 3.00 bits per heavy atom. The lowest BCUT2D eigenvalue weighted by molar-refractivity contribution is 0.161. The molecular formula is C18H28N4O2. The highest BCUT2D eigenvalue weighted by Gasteiger charge is 2.27. The number of hydrogen-bond donors (Lipinski definition) is 1. The smallest absolute Gasteiger partial charge is 0.255 e. The van der Waals surface area contributed by atoms with Gasteiger partial charge in [0.1, 0.15) is 0 Å². The van der Waals surface area contributed by atoms with Crippen molar-refractivity contribution in [2.75, 3.05) is 37.7 Å². The Balaban J connectivity index is 1.53. The van der Waals surface area contributed by atoms with Crippen LogP contribution in [0.5, 0.6) is 0 Å². The van der Waals surface area contributed by atoms with Gasteiger partial charge in [0.25, 0.3) is 5.56 Å². The second-order valence-corrected chi connectivity index (χ2v) is 7.57. The molecule has 132 valence electrons. The van der Waals surface area contributed by atoms with E-state index in [9.17, 15) is 4.79 Å². The predicted molar refractivity (Wildman–Crippen MR) is 93.4 cm³/mol.